The molecule has 0 aliphatic rings. The predicted molar refractivity (Wildman–Crippen MR) is 78.3 cm³/mol. The lowest BCUT2D eigenvalue weighted by Crippen LogP contribution is -2.07. The molecule has 2 rings (SSSR count). The first-order chi connectivity index (χ1) is 9.69. The molecule has 0 unspecified atom stereocenters. The summed E-state index contributed by atoms with van der Waals surface area (Å²) in [5, 5.41) is 14.0. The van der Waals surface area contributed by atoms with Gasteiger partial charge in [0.15, 0.2) is 11.6 Å². The Hall–Kier alpha value is -2.50. The van der Waals surface area contributed by atoms with Gasteiger partial charge in [-0.1, -0.05) is 19.1 Å². The number of carbonyl (C=O) groups excluding carboxylic acids is 1. The van der Waals surface area contributed by atoms with Gasteiger partial charge < -0.3 is 10.6 Å². The van der Waals surface area contributed by atoms with Crippen molar-refractivity contribution in [3.05, 3.63) is 36.0 Å². The van der Waals surface area contributed by atoms with Crippen LogP contribution in [0.15, 0.2) is 30.5 Å². The molecular weight excluding hydrogens is 254 g/mol. The SMILES string of the molecule is CCCNc1nncc(Nc2cccc(C(C)=O)c2)n1. The highest BCUT2D eigenvalue weighted by molar-refractivity contribution is 5.95. The number of rotatable bonds is 6. The molecule has 6 heteroatoms. The largest absolute Gasteiger partial charge is 0.353 e. The second kappa shape index (κ2) is 6.60. The normalized spacial score (nSPS) is 10.1. The Kier molecular flexibility index (Phi) is 4.60. The van der Waals surface area contributed by atoms with E-state index in [0.717, 1.165) is 18.7 Å². The lowest BCUT2D eigenvalue weighted by Gasteiger charge is -2.07. The molecule has 1 heterocycles. The summed E-state index contributed by atoms with van der Waals surface area (Å²) >= 11 is 0. The Bertz CT molecular complexity index is 600. The van der Waals surface area contributed by atoms with Crippen LogP contribution in [0.2, 0.25) is 0 Å². The first kappa shape index (κ1) is 13.9. The molecule has 1 aromatic heterocycles. The zero-order valence-electron chi connectivity index (χ0n) is 11.6. The summed E-state index contributed by atoms with van der Waals surface area (Å²) in [6, 6.07) is 7.25. The van der Waals surface area contributed by atoms with Crippen molar-refractivity contribution < 1.29 is 4.79 Å². The monoisotopic (exact) mass is 271 g/mol. The van der Waals surface area contributed by atoms with Gasteiger partial charge in [-0.2, -0.15) is 10.1 Å². The summed E-state index contributed by atoms with van der Waals surface area (Å²) in [4.78, 5) is 15.6. The van der Waals surface area contributed by atoms with E-state index in [1.54, 1.807) is 12.1 Å². The van der Waals surface area contributed by atoms with Crippen LogP contribution >= 0.6 is 0 Å². The van der Waals surface area contributed by atoms with Crippen LogP contribution in [-0.2, 0) is 0 Å². The van der Waals surface area contributed by atoms with Crippen LogP contribution in [0.5, 0.6) is 0 Å². The highest BCUT2D eigenvalue weighted by Gasteiger charge is 2.03. The van der Waals surface area contributed by atoms with Crippen LogP contribution in [0.1, 0.15) is 30.6 Å². The number of nitrogens with one attached hydrogen (secondary N) is 2. The number of hydrogen-bond acceptors (Lipinski definition) is 6. The molecule has 0 aliphatic heterocycles. The summed E-state index contributed by atoms with van der Waals surface area (Å²) in [6.07, 6.45) is 2.53. The zero-order chi connectivity index (χ0) is 14.4. The minimum atomic E-state index is 0.0276. The van der Waals surface area contributed by atoms with Crippen LogP contribution < -0.4 is 10.6 Å². The third kappa shape index (κ3) is 3.74. The minimum absolute atomic E-state index is 0.0276. The fourth-order valence-electron chi connectivity index (χ4n) is 1.64. The molecule has 0 saturated carbocycles. The first-order valence-corrected chi connectivity index (χ1v) is 6.50. The smallest absolute Gasteiger partial charge is 0.244 e. The van der Waals surface area contributed by atoms with Gasteiger partial charge in [-0.3, -0.25) is 4.79 Å². The molecule has 0 spiro atoms. The van der Waals surface area contributed by atoms with Crippen LogP contribution in [0.4, 0.5) is 17.5 Å². The fraction of sp³-hybridized carbons (Fsp3) is 0.286. The molecule has 1 aromatic carbocycles. The van der Waals surface area contributed by atoms with Gasteiger partial charge in [0.25, 0.3) is 0 Å². The summed E-state index contributed by atoms with van der Waals surface area (Å²) in [5.41, 5.74) is 1.45. The van der Waals surface area contributed by atoms with E-state index in [-0.39, 0.29) is 5.78 Å². The van der Waals surface area contributed by atoms with Gasteiger partial charge in [-0.15, -0.1) is 5.10 Å². The molecule has 6 nitrogen and oxygen atoms in total. The topological polar surface area (TPSA) is 79.8 Å². The van der Waals surface area contributed by atoms with E-state index < -0.39 is 0 Å². The third-order valence-corrected chi connectivity index (χ3v) is 2.63. The number of aromatic nitrogens is 3. The number of Topliss-reactive ketones (excluding diaryl/α,β-unsaturated/α-hetero) is 1. The molecule has 0 amide bonds. The van der Waals surface area contributed by atoms with Gasteiger partial charge in [-0.25, -0.2) is 0 Å². The molecule has 2 aromatic rings. The van der Waals surface area contributed by atoms with Crippen LogP contribution in [-0.4, -0.2) is 27.5 Å². The standard InChI is InChI=1S/C14H17N5O/c1-3-7-15-14-18-13(9-16-19-14)17-12-6-4-5-11(8-12)10(2)20/h4-6,8-9H,3,7H2,1-2H3,(H2,15,17,18,19). The van der Waals surface area contributed by atoms with E-state index in [4.69, 9.17) is 0 Å². The van der Waals surface area contributed by atoms with Gasteiger partial charge in [0.05, 0.1) is 6.20 Å². The first-order valence-electron chi connectivity index (χ1n) is 6.50. The Morgan fingerprint density at radius 1 is 1.35 bits per heavy atom. The molecule has 0 bridgehead atoms. The van der Waals surface area contributed by atoms with E-state index in [0.29, 0.717) is 17.3 Å². The third-order valence-electron chi connectivity index (χ3n) is 2.63. The number of anilines is 3. The van der Waals surface area contributed by atoms with Gasteiger partial charge in [0.2, 0.25) is 5.95 Å². The van der Waals surface area contributed by atoms with Gasteiger partial charge in [-0.05, 0) is 25.5 Å². The molecule has 20 heavy (non-hydrogen) atoms. The van der Waals surface area contributed by atoms with Crippen molar-refractivity contribution in [2.24, 2.45) is 0 Å². The Labute approximate surface area is 117 Å². The lowest BCUT2D eigenvalue weighted by molar-refractivity contribution is 0.101. The van der Waals surface area contributed by atoms with E-state index in [1.165, 1.54) is 13.1 Å². The second-order valence-corrected chi connectivity index (χ2v) is 4.35. The maximum atomic E-state index is 11.3. The van der Waals surface area contributed by atoms with Crippen molar-refractivity contribution in [1.29, 1.82) is 0 Å². The number of hydrogen-bond donors (Lipinski definition) is 2. The van der Waals surface area contributed by atoms with Crippen LogP contribution in [0, 0.1) is 0 Å². The molecular formula is C14H17N5O. The quantitative estimate of drug-likeness (QED) is 0.786. The lowest BCUT2D eigenvalue weighted by atomic mass is 10.1. The van der Waals surface area contributed by atoms with E-state index in [2.05, 4.69) is 32.7 Å². The maximum absolute atomic E-state index is 11.3. The van der Waals surface area contributed by atoms with E-state index >= 15 is 0 Å². The van der Waals surface area contributed by atoms with Crippen molar-refractivity contribution in [3.63, 3.8) is 0 Å². The van der Waals surface area contributed by atoms with Crippen molar-refractivity contribution in [2.75, 3.05) is 17.2 Å². The Morgan fingerprint density at radius 3 is 2.95 bits per heavy atom. The molecule has 0 fully saturated rings. The zero-order valence-corrected chi connectivity index (χ0v) is 11.6. The Balaban J connectivity index is 2.13. The van der Waals surface area contributed by atoms with Gasteiger partial charge >= 0.3 is 0 Å². The molecule has 2 N–H and O–H groups in total. The van der Waals surface area contributed by atoms with Crippen LogP contribution in [0.25, 0.3) is 0 Å². The summed E-state index contributed by atoms with van der Waals surface area (Å²) in [7, 11) is 0. The number of carbonyl (C=O) groups is 1. The molecule has 0 radical (unpaired) electrons. The van der Waals surface area contributed by atoms with Crippen molar-refractivity contribution >= 4 is 23.2 Å². The van der Waals surface area contributed by atoms with Crippen LogP contribution in [0.3, 0.4) is 0 Å². The van der Waals surface area contributed by atoms with E-state index in [9.17, 15) is 4.79 Å². The van der Waals surface area contributed by atoms with Gasteiger partial charge in [0.1, 0.15) is 0 Å². The summed E-state index contributed by atoms with van der Waals surface area (Å²) < 4.78 is 0. The Morgan fingerprint density at radius 2 is 2.20 bits per heavy atom. The average Bonchev–Trinajstić information content (AvgIpc) is 2.46. The molecule has 0 saturated heterocycles. The van der Waals surface area contributed by atoms with Crippen molar-refractivity contribution in [3.8, 4) is 0 Å². The number of ketones is 1. The maximum Gasteiger partial charge on any atom is 0.244 e. The highest BCUT2D eigenvalue weighted by Crippen LogP contribution is 2.16. The molecule has 0 aliphatic carbocycles. The molecule has 0 atom stereocenters. The fourth-order valence-corrected chi connectivity index (χ4v) is 1.64. The summed E-state index contributed by atoms with van der Waals surface area (Å²) in [6.45, 7) is 4.40. The molecule has 104 valence electrons. The minimum Gasteiger partial charge on any atom is -0.353 e. The van der Waals surface area contributed by atoms with Crippen molar-refractivity contribution in [2.45, 2.75) is 20.3 Å². The average molecular weight is 271 g/mol. The predicted octanol–water partition coefficient (Wildman–Crippen LogP) is 2.64. The van der Waals surface area contributed by atoms with E-state index in [1.807, 2.05) is 12.1 Å². The van der Waals surface area contributed by atoms with Crippen molar-refractivity contribution in [1.82, 2.24) is 15.2 Å². The summed E-state index contributed by atoms with van der Waals surface area (Å²) in [5.74, 6) is 1.10. The number of benzene rings is 1. The van der Waals surface area contributed by atoms with Gasteiger partial charge in [0, 0.05) is 17.8 Å². The number of nitrogens with zero attached hydrogens (tertiary/aromatic N) is 3. The highest BCUT2D eigenvalue weighted by atomic mass is 16.1. The second-order valence-electron chi connectivity index (χ2n) is 4.35.